The molecule has 0 bridgehead atoms. The second-order valence-corrected chi connectivity index (χ2v) is 5.53. The summed E-state index contributed by atoms with van der Waals surface area (Å²) in [6.07, 6.45) is 2.50. The Kier molecular flexibility index (Phi) is 3.90. The standard InChI is InChI=1S/C15H20FNO2/c1-11-9-12(5-6-13(11)16)10-15(2,14(18)19)17-7-3-4-8-17/h5-6,9H,3-4,7-8,10H2,1-2H3,(H,18,19). The van der Waals surface area contributed by atoms with E-state index in [0.29, 0.717) is 12.0 Å². The molecular formula is C15H20FNO2. The summed E-state index contributed by atoms with van der Waals surface area (Å²) in [4.78, 5) is 13.7. The summed E-state index contributed by atoms with van der Waals surface area (Å²) < 4.78 is 13.3. The van der Waals surface area contributed by atoms with Crippen LogP contribution in [0.2, 0.25) is 0 Å². The van der Waals surface area contributed by atoms with Crippen LogP contribution in [-0.4, -0.2) is 34.6 Å². The minimum absolute atomic E-state index is 0.248. The van der Waals surface area contributed by atoms with Gasteiger partial charge in [-0.1, -0.05) is 12.1 Å². The Bertz CT molecular complexity index is 483. The summed E-state index contributed by atoms with van der Waals surface area (Å²) >= 11 is 0. The van der Waals surface area contributed by atoms with Crippen molar-refractivity contribution in [2.45, 2.75) is 38.6 Å². The highest BCUT2D eigenvalue weighted by Crippen LogP contribution is 2.26. The summed E-state index contributed by atoms with van der Waals surface area (Å²) in [5.41, 5.74) is 0.531. The van der Waals surface area contributed by atoms with Crippen LogP contribution in [-0.2, 0) is 11.2 Å². The number of nitrogens with zero attached hydrogens (tertiary/aromatic N) is 1. The van der Waals surface area contributed by atoms with Gasteiger partial charge in [0.2, 0.25) is 0 Å². The number of rotatable bonds is 4. The molecule has 1 aliphatic rings. The van der Waals surface area contributed by atoms with Crippen molar-refractivity contribution in [1.29, 1.82) is 0 Å². The summed E-state index contributed by atoms with van der Waals surface area (Å²) in [5.74, 6) is -1.06. The molecular weight excluding hydrogens is 245 g/mol. The molecule has 0 radical (unpaired) electrons. The number of carboxylic acids is 1. The van der Waals surface area contributed by atoms with E-state index in [9.17, 15) is 14.3 Å². The van der Waals surface area contributed by atoms with Crippen molar-refractivity contribution in [2.24, 2.45) is 0 Å². The normalized spacial score (nSPS) is 19.3. The lowest BCUT2D eigenvalue weighted by Gasteiger charge is -2.35. The minimum atomic E-state index is -0.902. The summed E-state index contributed by atoms with van der Waals surface area (Å²) in [6, 6.07) is 4.84. The van der Waals surface area contributed by atoms with Crippen LogP contribution >= 0.6 is 0 Å². The Labute approximate surface area is 113 Å². The van der Waals surface area contributed by atoms with Crippen LogP contribution in [0.15, 0.2) is 18.2 Å². The van der Waals surface area contributed by atoms with E-state index >= 15 is 0 Å². The molecule has 1 heterocycles. The van der Waals surface area contributed by atoms with Gasteiger partial charge < -0.3 is 5.11 Å². The number of hydrogen-bond acceptors (Lipinski definition) is 2. The van der Waals surface area contributed by atoms with Crippen molar-refractivity contribution in [1.82, 2.24) is 4.90 Å². The predicted molar refractivity (Wildman–Crippen MR) is 71.7 cm³/mol. The van der Waals surface area contributed by atoms with Crippen molar-refractivity contribution in [3.63, 3.8) is 0 Å². The highest BCUT2D eigenvalue weighted by Gasteiger charge is 2.40. The van der Waals surface area contributed by atoms with Gasteiger partial charge in [-0.05, 0) is 57.0 Å². The molecule has 4 heteroatoms. The first-order valence-corrected chi connectivity index (χ1v) is 6.67. The van der Waals surface area contributed by atoms with Crippen molar-refractivity contribution in [2.75, 3.05) is 13.1 Å². The Hall–Kier alpha value is -1.42. The van der Waals surface area contributed by atoms with E-state index in [0.717, 1.165) is 31.5 Å². The molecule has 1 saturated heterocycles. The number of aryl methyl sites for hydroxylation is 1. The highest BCUT2D eigenvalue weighted by atomic mass is 19.1. The van der Waals surface area contributed by atoms with Gasteiger partial charge in [0.15, 0.2) is 0 Å². The topological polar surface area (TPSA) is 40.5 Å². The number of carboxylic acid groups (broad SMARTS) is 1. The highest BCUT2D eigenvalue weighted by molar-refractivity contribution is 5.78. The van der Waals surface area contributed by atoms with E-state index < -0.39 is 11.5 Å². The fourth-order valence-electron chi connectivity index (χ4n) is 2.75. The molecule has 1 N–H and O–H groups in total. The van der Waals surface area contributed by atoms with Crippen molar-refractivity contribution >= 4 is 5.97 Å². The van der Waals surface area contributed by atoms with Crippen LogP contribution in [0.4, 0.5) is 4.39 Å². The van der Waals surface area contributed by atoms with Gasteiger partial charge in [0.25, 0.3) is 0 Å². The van der Waals surface area contributed by atoms with E-state index in [1.54, 1.807) is 26.0 Å². The molecule has 0 aliphatic carbocycles. The van der Waals surface area contributed by atoms with Crippen LogP contribution in [0.3, 0.4) is 0 Å². The molecule has 1 aliphatic heterocycles. The van der Waals surface area contributed by atoms with Crippen LogP contribution in [0.25, 0.3) is 0 Å². The average Bonchev–Trinajstić information content (AvgIpc) is 2.87. The SMILES string of the molecule is Cc1cc(CC(C)(C(=O)O)N2CCCC2)ccc1F. The molecule has 0 aromatic heterocycles. The number of aliphatic carboxylic acids is 1. The Morgan fingerprint density at radius 2 is 2.05 bits per heavy atom. The Balaban J connectivity index is 2.25. The molecule has 0 amide bonds. The molecule has 1 fully saturated rings. The third-order valence-corrected chi connectivity index (χ3v) is 4.04. The van der Waals surface area contributed by atoms with Gasteiger partial charge >= 0.3 is 5.97 Å². The van der Waals surface area contributed by atoms with Crippen LogP contribution in [0.1, 0.15) is 30.9 Å². The Morgan fingerprint density at radius 1 is 1.42 bits per heavy atom. The summed E-state index contributed by atoms with van der Waals surface area (Å²) in [7, 11) is 0. The van der Waals surface area contributed by atoms with Crippen LogP contribution in [0.5, 0.6) is 0 Å². The predicted octanol–water partition coefficient (Wildman–Crippen LogP) is 2.62. The molecule has 1 aromatic carbocycles. The number of likely N-dealkylation sites (tertiary alicyclic amines) is 1. The first-order chi connectivity index (χ1) is 8.93. The monoisotopic (exact) mass is 265 g/mol. The number of halogens is 1. The molecule has 1 atom stereocenters. The van der Waals surface area contributed by atoms with Gasteiger partial charge in [-0.25, -0.2) is 4.39 Å². The lowest BCUT2D eigenvalue weighted by Crippen LogP contribution is -2.52. The van der Waals surface area contributed by atoms with E-state index in [4.69, 9.17) is 0 Å². The maximum atomic E-state index is 13.3. The molecule has 1 unspecified atom stereocenters. The third kappa shape index (κ3) is 2.78. The summed E-state index contributed by atoms with van der Waals surface area (Å²) in [6.45, 7) is 5.11. The fourth-order valence-corrected chi connectivity index (χ4v) is 2.75. The van der Waals surface area contributed by atoms with E-state index in [-0.39, 0.29) is 5.82 Å². The van der Waals surface area contributed by atoms with E-state index in [2.05, 4.69) is 0 Å². The maximum Gasteiger partial charge on any atom is 0.324 e. The molecule has 19 heavy (non-hydrogen) atoms. The molecule has 104 valence electrons. The van der Waals surface area contributed by atoms with E-state index in [1.165, 1.54) is 6.07 Å². The van der Waals surface area contributed by atoms with Gasteiger partial charge in [0.1, 0.15) is 11.4 Å². The largest absolute Gasteiger partial charge is 0.480 e. The zero-order valence-electron chi connectivity index (χ0n) is 11.4. The zero-order valence-corrected chi connectivity index (χ0v) is 11.4. The second kappa shape index (κ2) is 5.29. The van der Waals surface area contributed by atoms with Crippen molar-refractivity contribution in [3.8, 4) is 0 Å². The first kappa shape index (κ1) is 14.0. The fraction of sp³-hybridized carbons (Fsp3) is 0.533. The van der Waals surface area contributed by atoms with Gasteiger partial charge in [-0.15, -0.1) is 0 Å². The third-order valence-electron chi connectivity index (χ3n) is 4.04. The smallest absolute Gasteiger partial charge is 0.324 e. The minimum Gasteiger partial charge on any atom is -0.480 e. The molecule has 1 aromatic rings. The number of hydrogen-bond donors (Lipinski definition) is 1. The van der Waals surface area contributed by atoms with Crippen LogP contribution in [0, 0.1) is 12.7 Å². The lowest BCUT2D eigenvalue weighted by molar-refractivity contribution is -0.149. The van der Waals surface area contributed by atoms with Gasteiger partial charge in [-0.3, -0.25) is 9.69 Å². The number of carbonyl (C=O) groups is 1. The quantitative estimate of drug-likeness (QED) is 0.909. The average molecular weight is 265 g/mol. The molecule has 2 rings (SSSR count). The number of benzene rings is 1. The van der Waals surface area contributed by atoms with Crippen molar-refractivity contribution < 1.29 is 14.3 Å². The van der Waals surface area contributed by atoms with Gasteiger partial charge in [0, 0.05) is 6.42 Å². The Morgan fingerprint density at radius 3 is 2.58 bits per heavy atom. The summed E-state index contributed by atoms with van der Waals surface area (Å²) in [5, 5.41) is 9.56. The van der Waals surface area contributed by atoms with Crippen molar-refractivity contribution in [3.05, 3.63) is 35.1 Å². The first-order valence-electron chi connectivity index (χ1n) is 6.67. The van der Waals surface area contributed by atoms with Gasteiger partial charge in [-0.2, -0.15) is 0 Å². The molecule has 0 spiro atoms. The van der Waals surface area contributed by atoms with E-state index in [1.807, 2.05) is 4.90 Å². The van der Waals surface area contributed by atoms with Crippen LogP contribution < -0.4 is 0 Å². The molecule has 0 saturated carbocycles. The zero-order chi connectivity index (χ0) is 14.0. The lowest BCUT2D eigenvalue weighted by atomic mass is 9.90. The molecule has 3 nitrogen and oxygen atoms in total. The second-order valence-electron chi connectivity index (χ2n) is 5.53. The van der Waals surface area contributed by atoms with Gasteiger partial charge in [0.05, 0.1) is 0 Å². The maximum absolute atomic E-state index is 13.3.